The summed E-state index contributed by atoms with van der Waals surface area (Å²) in [5, 5.41) is 21.4. The highest BCUT2D eigenvalue weighted by molar-refractivity contribution is 9.10. The molecule has 0 aliphatic carbocycles. The summed E-state index contributed by atoms with van der Waals surface area (Å²) in [6.07, 6.45) is 1.43. The maximum absolute atomic E-state index is 13.2. The van der Waals surface area contributed by atoms with Crippen molar-refractivity contribution in [3.8, 4) is 17.4 Å². The van der Waals surface area contributed by atoms with E-state index >= 15 is 0 Å². The molecule has 0 saturated heterocycles. The maximum atomic E-state index is 13.2. The van der Waals surface area contributed by atoms with E-state index in [4.69, 9.17) is 9.47 Å². The standard InChI is InChI=1S/C27H23BrN4O5/c1-15-11-18(28)14-20-23(15)30-27(35)24(20)31-32-26(34)21(29-25(33)16-7-5-4-6-8-16)13-17-12-19(36-2)9-10-22(17)37-3/h4-14,30,35H,1-3H3,(H,29,33)/b21-13-,32-31?. The predicted molar refractivity (Wildman–Crippen MR) is 143 cm³/mol. The fourth-order valence-electron chi connectivity index (χ4n) is 3.69. The lowest BCUT2D eigenvalue weighted by atomic mass is 10.1. The van der Waals surface area contributed by atoms with E-state index in [2.05, 4.69) is 36.5 Å². The summed E-state index contributed by atoms with van der Waals surface area (Å²) in [7, 11) is 3.00. The van der Waals surface area contributed by atoms with Crippen molar-refractivity contribution < 1.29 is 24.2 Å². The van der Waals surface area contributed by atoms with Crippen LogP contribution in [-0.2, 0) is 4.79 Å². The molecular formula is C27H23BrN4O5. The number of amides is 2. The molecule has 4 rings (SSSR count). The number of aromatic hydroxyl groups is 1. The van der Waals surface area contributed by atoms with Crippen LogP contribution >= 0.6 is 15.9 Å². The predicted octanol–water partition coefficient (Wildman–Crippen LogP) is 6.04. The highest BCUT2D eigenvalue weighted by atomic mass is 79.9. The van der Waals surface area contributed by atoms with E-state index in [9.17, 15) is 14.7 Å². The Morgan fingerprint density at radius 1 is 1.05 bits per heavy atom. The van der Waals surface area contributed by atoms with Crippen molar-refractivity contribution in [1.29, 1.82) is 0 Å². The van der Waals surface area contributed by atoms with Gasteiger partial charge in [0.1, 0.15) is 17.2 Å². The Bertz CT molecular complexity index is 1540. The molecule has 10 heteroatoms. The van der Waals surface area contributed by atoms with Crippen LogP contribution in [0.25, 0.3) is 17.0 Å². The Balaban J connectivity index is 1.75. The smallest absolute Gasteiger partial charge is 0.311 e. The number of ether oxygens (including phenoxy) is 2. The fourth-order valence-corrected chi connectivity index (χ4v) is 4.27. The van der Waals surface area contributed by atoms with Crippen LogP contribution in [0.15, 0.2) is 81.1 Å². The van der Waals surface area contributed by atoms with Gasteiger partial charge < -0.3 is 24.9 Å². The third-order valence-electron chi connectivity index (χ3n) is 5.52. The number of aromatic amines is 1. The Hall–Kier alpha value is -4.44. The first-order valence-corrected chi connectivity index (χ1v) is 11.9. The summed E-state index contributed by atoms with van der Waals surface area (Å²) in [6, 6.07) is 17.1. The SMILES string of the molecule is COc1ccc(OC)c(/C=C(\NC(=O)c2ccccc2)C(=O)N=Nc2c(O)[nH]c3c(C)cc(Br)cc23)c1. The monoisotopic (exact) mass is 562 g/mol. The highest BCUT2D eigenvalue weighted by Gasteiger charge is 2.18. The van der Waals surface area contributed by atoms with Crippen LogP contribution in [0, 0.1) is 6.92 Å². The molecular weight excluding hydrogens is 540 g/mol. The number of aryl methyl sites for hydroxylation is 1. The summed E-state index contributed by atoms with van der Waals surface area (Å²) in [6.45, 7) is 1.87. The average Bonchev–Trinajstić information content (AvgIpc) is 3.22. The largest absolute Gasteiger partial charge is 0.497 e. The minimum atomic E-state index is -0.838. The summed E-state index contributed by atoms with van der Waals surface area (Å²) in [5.74, 6) is -0.603. The zero-order valence-electron chi connectivity index (χ0n) is 20.2. The molecule has 188 valence electrons. The van der Waals surface area contributed by atoms with Crippen molar-refractivity contribution >= 4 is 50.4 Å². The van der Waals surface area contributed by atoms with Crippen LogP contribution in [0.4, 0.5) is 5.69 Å². The summed E-state index contributed by atoms with van der Waals surface area (Å²) in [4.78, 5) is 29.0. The molecule has 1 heterocycles. The molecule has 1 aromatic heterocycles. The quantitative estimate of drug-likeness (QED) is 0.187. The molecule has 0 unspecified atom stereocenters. The molecule has 3 aromatic carbocycles. The molecule has 0 atom stereocenters. The van der Waals surface area contributed by atoms with Gasteiger partial charge in [-0.3, -0.25) is 9.59 Å². The van der Waals surface area contributed by atoms with Gasteiger partial charge in [0.25, 0.3) is 5.91 Å². The first-order valence-electron chi connectivity index (χ1n) is 11.1. The minimum Gasteiger partial charge on any atom is -0.497 e. The summed E-state index contributed by atoms with van der Waals surface area (Å²) >= 11 is 3.43. The van der Waals surface area contributed by atoms with Gasteiger partial charge in [-0.25, -0.2) is 0 Å². The first-order chi connectivity index (χ1) is 17.8. The number of benzene rings is 3. The van der Waals surface area contributed by atoms with Gasteiger partial charge in [-0.1, -0.05) is 34.1 Å². The molecule has 0 fully saturated rings. The number of aromatic nitrogens is 1. The normalized spacial score (nSPS) is 11.6. The van der Waals surface area contributed by atoms with Crippen molar-refractivity contribution in [2.45, 2.75) is 6.92 Å². The van der Waals surface area contributed by atoms with Gasteiger partial charge >= 0.3 is 5.91 Å². The number of methoxy groups -OCH3 is 2. The molecule has 0 aliphatic rings. The van der Waals surface area contributed by atoms with Gasteiger partial charge in [0.05, 0.1) is 19.7 Å². The molecule has 0 aliphatic heterocycles. The molecule has 0 saturated carbocycles. The van der Waals surface area contributed by atoms with Crippen LogP contribution in [0.5, 0.6) is 17.4 Å². The van der Waals surface area contributed by atoms with Crippen molar-refractivity contribution in [2.24, 2.45) is 10.2 Å². The number of azo groups is 1. The van der Waals surface area contributed by atoms with Crippen LogP contribution in [0.1, 0.15) is 21.5 Å². The first kappa shape index (κ1) is 25.6. The number of halogens is 1. The highest BCUT2D eigenvalue weighted by Crippen LogP contribution is 2.38. The van der Waals surface area contributed by atoms with E-state index in [-0.39, 0.29) is 17.3 Å². The van der Waals surface area contributed by atoms with Crippen LogP contribution in [0.2, 0.25) is 0 Å². The number of hydrogen-bond donors (Lipinski definition) is 3. The Morgan fingerprint density at radius 3 is 2.51 bits per heavy atom. The Kier molecular flexibility index (Phi) is 7.69. The lowest BCUT2D eigenvalue weighted by molar-refractivity contribution is -0.115. The van der Waals surface area contributed by atoms with E-state index in [1.54, 1.807) is 54.6 Å². The number of carbonyl (C=O) groups excluding carboxylic acids is 2. The van der Waals surface area contributed by atoms with Gasteiger partial charge in [-0.05, 0) is 61.0 Å². The van der Waals surface area contributed by atoms with E-state index in [0.717, 1.165) is 10.0 Å². The van der Waals surface area contributed by atoms with Gasteiger partial charge in [-0.2, -0.15) is 0 Å². The summed E-state index contributed by atoms with van der Waals surface area (Å²) in [5.41, 5.74) is 2.31. The van der Waals surface area contributed by atoms with Crippen LogP contribution < -0.4 is 14.8 Å². The molecule has 4 aromatic rings. The Morgan fingerprint density at radius 2 is 1.81 bits per heavy atom. The van der Waals surface area contributed by atoms with Gasteiger partial charge in [0, 0.05) is 21.0 Å². The third kappa shape index (κ3) is 5.70. The van der Waals surface area contributed by atoms with E-state index in [0.29, 0.717) is 33.5 Å². The second-order valence-electron chi connectivity index (χ2n) is 7.96. The van der Waals surface area contributed by atoms with Crippen molar-refractivity contribution in [3.63, 3.8) is 0 Å². The number of fused-ring (bicyclic) bond motifs is 1. The van der Waals surface area contributed by atoms with E-state index < -0.39 is 11.8 Å². The second kappa shape index (κ2) is 11.1. The number of carbonyl (C=O) groups is 2. The van der Waals surface area contributed by atoms with Crippen LogP contribution in [-0.4, -0.2) is 36.1 Å². The third-order valence-corrected chi connectivity index (χ3v) is 5.97. The zero-order chi connectivity index (χ0) is 26.5. The number of nitrogens with zero attached hydrogens (tertiary/aromatic N) is 2. The molecule has 37 heavy (non-hydrogen) atoms. The van der Waals surface area contributed by atoms with Gasteiger partial charge in [-0.15, -0.1) is 10.2 Å². The lowest BCUT2D eigenvalue weighted by Crippen LogP contribution is -2.26. The molecule has 9 nitrogen and oxygen atoms in total. The van der Waals surface area contributed by atoms with Crippen LogP contribution in [0.3, 0.4) is 0 Å². The number of hydrogen-bond acceptors (Lipinski definition) is 6. The molecule has 0 spiro atoms. The summed E-state index contributed by atoms with van der Waals surface area (Å²) < 4.78 is 11.5. The molecule has 0 bridgehead atoms. The minimum absolute atomic E-state index is 0.0976. The van der Waals surface area contributed by atoms with Gasteiger partial charge in [0.15, 0.2) is 5.69 Å². The van der Waals surface area contributed by atoms with E-state index in [1.807, 2.05) is 13.0 Å². The van der Waals surface area contributed by atoms with Gasteiger partial charge in [0.2, 0.25) is 5.88 Å². The molecule has 3 N–H and O–H groups in total. The fraction of sp³-hybridized carbons (Fsp3) is 0.111. The number of H-pyrrole nitrogens is 1. The second-order valence-corrected chi connectivity index (χ2v) is 8.87. The number of nitrogens with one attached hydrogen (secondary N) is 2. The average molecular weight is 563 g/mol. The van der Waals surface area contributed by atoms with Crippen molar-refractivity contribution in [2.75, 3.05) is 14.2 Å². The van der Waals surface area contributed by atoms with Crippen molar-refractivity contribution in [3.05, 3.63) is 87.5 Å². The molecule has 2 amide bonds. The van der Waals surface area contributed by atoms with E-state index in [1.165, 1.54) is 20.3 Å². The topological polar surface area (TPSA) is 125 Å². The van der Waals surface area contributed by atoms with Crippen molar-refractivity contribution in [1.82, 2.24) is 10.3 Å². The molecule has 0 radical (unpaired) electrons. The Labute approximate surface area is 221 Å². The zero-order valence-corrected chi connectivity index (χ0v) is 21.8. The lowest BCUT2D eigenvalue weighted by Gasteiger charge is -2.10. The number of rotatable bonds is 7. The maximum Gasteiger partial charge on any atom is 0.311 e.